The van der Waals surface area contributed by atoms with Crippen LogP contribution in [0.5, 0.6) is 5.75 Å². The van der Waals surface area contributed by atoms with Gasteiger partial charge in [-0.1, -0.05) is 32.4 Å². The summed E-state index contributed by atoms with van der Waals surface area (Å²) in [5.41, 5.74) is 7.05. The number of nitrogens with two attached hydrogens (primary N) is 1. The highest BCUT2D eigenvalue weighted by atomic mass is 16.5. The van der Waals surface area contributed by atoms with Crippen LogP contribution in [-0.2, 0) is 4.79 Å². The zero-order chi connectivity index (χ0) is 13.7. The zero-order valence-electron chi connectivity index (χ0n) is 11.1. The Hall–Kier alpha value is -1.71. The van der Waals surface area contributed by atoms with Gasteiger partial charge in [0, 0.05) is 0 Å². The van der Waals surface area contributed by atoms with Crippen LogP contribution in [-0.4, -0.2) is 18.2 Å². The van der Waals surface area contributed by atoms with Crippen LogP contribution < -0.4 is 10.5 Å². The van der Waals surface area contributed by atoms with Gasteiger partial charge >= 0.3 is 5.97 Å². The summed E-state index contributed by atoms with van der Waals surface area (Å²) >= 11 is 0. The summed E-state index contributed by atoms with van der Waals surface area (Å²) in [5, 5.41) is 9.42. The van der Waals surface area contributed by atoms with Gasteiger partial charge in [0.2, 0.25) is 0 Å². The van der Waals surface area contributed by atoms with E-state index < -0.39 is 11.9 Å². The minimum atomic E-state index is -0.837. The van der Waals surface area contributed by atoms with Gasteiger partial charge in [-0.2, -0.15) is 0 Å². The smallest absolute Gasteiger partial charge is 0.311 e. The average Bonchev–Trinajstić information content (AvgIpc) is 2.31. The molecule has 2 unspecified atom stereocenters. The van der Waals surface area contributed by atoms with Crippen LogP contribution in [0.25, 0.3) is 0 Å². The number of anilines is 1. The molecule has 1 rings (SSSR count). The van der Waals surface area contributed by atoms with Crippen LogP contribution in [0, 0.1) is 5.92 Å². The van der Waals surface area contributed by atoms with Crippen molar-refractivity contribution in [2.45, 2.75) is 32.6 Å². The maximum Gasteiger partial charge on any atom is 0.311 e. The first-order chi connectivity index (χ1) is 8.52. The van der Waals surface area contributed by atoms with Crippen molar-refractivity contribution in [3.05, 3.63) is 23.8 Å². The number of carbonyl (C=O) groups is 1. The molecule has 0 heterocycles. The predicted molar refractivity (Wildman–Crippen MR) is 71.9 cm³/mol. The molecule has 0 aliphatic rings. The van der Waals surface area contributed by atoms with E-state index in [2.05, 4.69) is 0 Å². The molecule has 0 radical (unpaired) electrons. The summed E-state index contributed by atoms with van der Waals surface area (Å²) in [7, 11) is 1.53. The van der Waals surface area contributed by atoms with Gasteiger partial charge in [-0.15, -0.1) is 0 Å². The average molecular weight is 251 g/mol. The van der Waals surface area contributed by atoms with Crippen LogP contribution in [0.4, 0.5) is 5.69 Å². The van der Waals surface area contributed by atoms with Gasteiger partial charge in [0.1, 0.15) is 5.75 Å². The molecule has 100 valence electrons. The number of ether oxygens (including phenoxy) is 1. The van der Waals surface area contributed by atoms with Gasteiger partial charge in [-0.25, -0.2) is 0 Å². The molecule has 0 saturated carbocycles. The standard InChI is InChI=1S/C14H21NO3/c1-4-6-9(2)12(14(16)17)10-7-5-8-11(18-3)13(10)15/h5,7-9,12H,4,6,15H2,1-3H3,(H,16,17). The lowest BCUT2D eigenvalue weighted by molar-refractivity contribution is -0.140. The van der Waals surface area contributed by atoms with Crippen molar-refractivity contribution < 1.29 is 14.6 Å². The van der Waals surface area contributed by atoms with Gasteiger partial charge in [-0.3, -0.25) is 4.79 Å². The molecule has 3 N–H and O–H groups in total. The molecular weight excluding hydrogens is 230 g/mol. The minimum Gasteiger partial charge on any atom is -0.495 e. The molecule has 0 aliphatic heterocycles. The molecule has 0 fully saturated rings. The quantitative estimate of drug-likeness (QED) is 0.762. The van der Waals surface area contributed by atoms with Crippen molar-refractivity contribution in [1.29, 1.82) is 0 Å². The van der Waals surface area contributed by atoms with Crippen LogP contribution in [0.2, 0.25) is 0 Å². The Morgan fingerprint density at radius 1 is 1.50 bits per heavy atom. The van der Waals surface area contributed by atoms with Gasteiger partial charge in [0.05, 0.1) is 18.7 Å². The fourth-order valence-corrected chi connectivity index (χ4v) is 2.32. The van der Waals surface area contributed by atoms with Crippen molar-refractivity contribution in [3.63, 3.8) is 0 Å². The molecule has 0 aliphatic carbocycles. The number of para-hydroxylation sites is 1. The van der Waals surface area contributed by atoms with E-state index in [4.69, 9.17) is 10.5 Å². The fourth-order valence-electron chi connectivity index (χ4n) is 2.32. The highest BCUT2D eigenvalue weighted by molar-refractivity contribution is 5.80. The highest BCUT2D eigenvalue weighted by Crippen LogP contribution is 2.36. The van der Waals surface area contributed by atoms with Crippen molar-refractivity contribution in [2.75, 3.05) is 12.8 Å². The molecule has 1 aromatic carbocycles. The molecule has 0 amide bonds. The number of nitrogen functional groups attached to an aromatic ring is 1. The SMILES string of the molecule is CCCC(C)C(C(=O)O)c1cccc(OC)c1N. The van der Waals surface area contributed by atoms with Gasteiger partial charge in [0.15, 0.2) is 0 Å². The molecule has 0 aromatic heterocycles. The molecule has 0 spiro atoms. The third-order valence-electron chi connectivity index (χ3n) is 3.23. The molecular formula is C14H21NO3. The van der Waals surface area contributed by atoms with Crippen molar-refractivity contribution in [1.82, 2.24) is 0 Å². The van der Waals surface area contributed by atoms with Crippen LogP contribution in [0.1, 0.15) is 38.2 Å². The Balaban J connectivity index is 3.18. The Morgan fingerprint density at radius 2 is 2.17 bits per heavy atom. The Labute approximate surface area is 108 Å². The summed E-state index contributed by atoms with van der Waals surface area (Å²) < 4.78 is 5.14. The van der Waals surface area contributed by atoms with E-state index in [1.165, 1.54) is 7.11 Å². The number of methoxy groups -OCH3 is 1. The number of benzene rings is 1. The second kappa shape index (κ2) is 6.28. The van der Waals surface area contributed by atoms with Crippen molar-refractivity contribution >= 4 is 11.7 Å². The molecule has 0 bridgehead atoms. The second-order valence-electron chi connectivity index (χ2n) is 4.55. The summed E-state index contributed by atoms with van der Waals surface area (Å²) in [6.07, 6.45) is 1.81. The number of hydrogen-bond acceptors (Lipinski definition) is 3. The van der Waals surface area contributed by atoms with Crippen LogP contribution in [0.3, 0.4) is 0 Å². The Kier molecular flexibility index (Phi) is 5.01. The number of carboxylic acid groups (broad SMARTS) is 1. The number of hydrogen-bond donors (Lipinski definition) is 2. The fraction of sp³-hybridized carbons (Fsp3) is 0.500. The lowest BCUT2D eigenvalue weighted by atomic mass is 9.83. The number of rotatable bonds is 6. The van der Waals surface area contributed by atoms with Crippen LogP contribution >= 0.6 is 0 Å². The third-order valence-corrected chi connectivity index (χ3v) is 3.23. The summed E-state index contributed by atoms with van der Waals surface area (Å²) in [5.74, 6) is -0.847. The number of aliphatic carboxylic acids is 1. The van der Waals surface area contributed by atoms with Gasteiger partial charge < -0.3 is 15.6 Å². The largest absolute Gasteiger partial charge is 0.495 e. The van der Waals surface area contributed by atoms with Crippen molar-refractivity contribution in [3.8, 4) is 5.75 Å². The highest BCUT2D eigenvalue weighted by Gasteiger charge is 2.28. The Morgan fingerprint density at radius 3 is 2.67 bits per heavy atom. The van der Waals surface area contributed by atoms with E-state index in [0.717, 1.165) is 12.8 Å². The molecule has 4 heteroatoms. The van der Waals surface area contributed by atoms with E-state index >= 15 is 0 Å². The van der Waals surface area contributed by atoms with E-state index in [9.17, 15) is 9.90 Å². The summed E-state index contributed by atoms with van der Waals surface area (Å²) in [6.45, 7) is 3.99. The van der Waals surface area contributed by atoms with Crippen LogP contribution in [0.15, 0.2) is 18.2 Å². The maximum atomic E-state index is 11.5. The Bertz CT molecular complexity index is 418. The molecule has 18 heavy (non-hydrogen) atoms. The minimum absolute atomic E-state index is 0.0434. The lowest BCUT2D eigenvalue weighted by Crippen LogP contribution is -2.21. The monoisotopic (exact) mass is 251 g/mol. The van der Waals surface area contributed by atoms with E-state index in [1.54, 1.807) is 18.2 Å². The first-order valence-electron chi connectivity index (χ1n) is 6.18. The van der Waals surface area contributed by atoms with E-state index in [-0.39, 0.29) is 5.92 Å². The predicted octanol–water partition coefficient (Wildman–Crippen LogP) is 2.88. The normalized spacial score (nSPS) is 13.9. The third kappa shape index (κ3) is 2.94. The molecule has 4 nitrogen and oxygen atoms in total. The summed E-state index contributed by atoms with van der Waals surface area (Å²) in [4.78, 5) is 11.5. The summed E-state index contributed by atoms with van der Waals surface area (Å²) in [6, 6.07) is 5.28. The topological polar surface area (TPSA) is 72.5 Å². The van der Waals surface area contributed by atoms with E-state index in [0.29, 0.717) is 17.0 Å². The van der Waals surface area contributed by atoms with Gasteiger partial charge in [0.25, 0.3) is 0 Å². The second-order valence-corrected chi connectivity index (χ2v) is 4.55. The molecule has 1 aromatic rings. The first kappa shape index (κ1) is 14.4. The van der Waals surface area contributed by atoms with Gasteiger partial charge in [-0.05, 0) is 24.0 Å². The molecule has 0 saturated heterocycles. The zero-order valence-corrected chi connectivity index (χ0v) is 11.1. The lowest BCUT2D eigenvalue weighted by Gasteiger charge is -2.22. The molecule has 2 atom stereocenters. The first-order valence-corrected chi connectivity index (χ1v) is 6.18. The number of carboxylic acids is 1. The van der Waals surface area contributed by atoms with Crippen molar-refractivity contribution in [2.24, 2.45) is 5.92 Å². The maximum absolute atomic E-state index is 11.5. The van der Waals surface area contributed by atoms with E-state index in [1.807, 2.05) is 13.8 Å².